The number of aldehydes is 1. The largest absolute Gasteiger partial charge is 0.493 e. The summed E-state index contributed by atoms with van der Waals surface area (Å²) in [7, 11) is 2.89. The predicted molar refractivity (Wildman–Crippen MR) is 74.8 cm³/mol. The van der Waals surface area contributed by atoms with E-state index < -0.39 is 11.7 Å². The average molecular weight is 281 g/mol. The second-order valence-electron chi connectivity index (χ2n) is 5.01. The van der Waals surface area contributed by atoms with E-state index in [0.717, 1.165) is 0 Å². The fourth-order valence-electron chi connectivity index (χ4n) is 1.57. The van der Waals surface area contributed by atoms with Gasteiger partial charge in [0, 0.05) is 5.56 Å². The molecule has 6 nitrogen and oxygen atoms in total. The van der Waals surface area contributed by atoms with E-state index >= 15 is 0 Å². The van der Waals surface area contributed by atoms with E-state index in [1.54, 1.807) is 26.8 Å². The van der Waals surface area contributed by atoms with Crippen molar-refractivity contribution in [3.8, 4) is 11.5 Å². The molecule has 0 saturated heterocycles. The smallest absolute Gasteiger partial charge is 0.412 e. The van der Waals surface area contributed by atoms with Crippen LogP contribution in [0.1, 0.15) is 31.1 Å². The Morgan fingerprint density at radius 2 is 1.85 bits per heavy atom. The Balaban J connectivity index is 3.14. The molecule has 110 valence electrons. The molecule has 0 saturated carbocycles. The average Bonchev–Trinajstić information content (AvgIpc) is 2.35. The number of hydrogen-bond donors (Lipinski definition) is 1. The summed E-state index contributed by atoms with van der Waals surface area (Å²) in [5, 5.41) is 2.51. The summed E-state index contributed by atoms with van der Waals surface area (Å²) in [6.45, 7) is 5.24. The Morgan fingerprint density at radius 3 is 2.30 bits per heavy atom. The van der Waals surface area contributed by atoms with E-state index in [4.69, 9.17) is 14.2 Å². The van der Waals surface area contributed by atoms with Gasteiger partial charge >= 0.3 is 6.09 Å². The van der Waals surface area contributed by atoms with E-state index in [9.17, 15) is 9.59 Å². The second-order valence-corrected chi connectivity index (χ2v) is 5.01. The molecular weight excluding hydrogens is 262 g/mol. The third kappa shape index (κ3) is 3.88. The summed E-state index contributed by atoms with van der Waals surface area (Å²) >= 11 is 0. The molecule has 6 heteroatoms. The Labute approximate surface area is 118 Å². The summed E-state index contributed by atoms with van der Waals surface area (Å²) in [5.74, 6) is 0.673. The van der Waals surface area contributed by atoms with E-state index in [1.807, 2.05) is 0 Å². The van der Waals surface area contributed by atoms with Gasteiger partial charge in [-0.15, -0.1) is 0 Å². The molecule has 0 heterocycles. The zero-order chi connectivity index (χ0) is 15.3. The minimum Gasteiger partial charge on any atom is -0.493 e. The van der Waals surface area contributed by atoms with Crippen molar-refractivity contribution >= 4 is 18.1 Å². The lowest BCUT2D eigenvalue weighted by Crippen LogP contribution is -2.27. The maximum atomic E-state index is 11.8. The molecule has 1 aromatic carbocycles. The molecular formula is C14H19NO5. The van der Waals surface area contributed by atoms with E-state index in [1.165, 1.54) is 20.3 Å². The van der Waals surface area contributed by atoms with Crippen molar-refractivity contribution in [3.05, 3.63) is 17.7 Å². The van der Waals surface area contributed by atoms with Crippen molar-refractivity contribution in [2.45, 2.75) is 26.4 Å². The number of methoxy groups -OCH3 is 2. The highest BCUT2D eigenvalue weighted by molar-refractivity contribution is 5.96. The zero-order valence-corrected chi connectivity index (χ0v) is 12.3. The summed E-state index contributed by atoms with van der Waals surface area (Å²) in [4.78, 5) is 22.9. The number of nitrogens with one attached hydrogen (secondary N) is 1. The van der Waals surface area contributed by atoms with Gasteiger partial charge in [-0.05, 0) is 32.9 Å². The molecule has 0 fully saturated rings. The van der Waals surface area contributed by atoms with Gasteiger partial charge in [0.25, 0.3) is 0 Å². The Bertz CT molecular complexity index is 505. The Hall–Kier alpha value is -2.24. The summed E-state index contributed by atoms with van der Waals surface area (Å²) in [5.41, 5.74) is -0.151. The van der Waals surface area contributed by atoms with Crippen LogP contribution < -0.4 is 14.8 Å². The highest BCUT2D eigenvalue weighted by Gasteiger charge is 2.21. The van der Waals surface area contributed by atoms with E-state index in [0.29, 0.717) is 12.0 Å². The van der Waals surface area contributed by atoms with Crippen LogP contribution in [0.25, 0.3) is 0 Å². The first-order valence-electron chi connectivity index (χ1n) is 6.02. The van der Waals surface area contributed by atoms with Gasteiger partial charge in [-0.3, -0.25) is 10.1 Å². The van der Waals surface area contributed by atoms with Crippen LogP contribution in [0.2, 0.25) is 0 Å². The molecule has 0 radical (unpaired) electrons. The van der Waals surface area contributed by atoms with Crippen LogP contribution in [0.3, 0.4) is 0 Å². The van der Waals surface area contributed by atoms with Crippen LogP contribution in [0.5, 0.6) is 11.5 Å². The first-order valence-corrected chi connectivity index (χ1v) is 6.02. The predicted octanol–water partition coefficient (Wildman–Crippen LogP) is 2.86. The first-order chi connectivity index (χ1) is 9.32. The van der Waals surface area contributed by atoms with Crippen LogP contribution in [0, 0.1) is 0 Å². The van der Waals surface area contributed by atoms with Crippen LogP contribution >= 0.6 is 0 Å². The zero-order valence-electron chi connectivity index (χ0n) is 12.3. The lowest BCUT2D eigenvalue weighted by atomic mass is 10.1. The maximum Gasteiger partial charge on any atom is 0.412 e. The molecule has 0 aromatic heterocycles. The molecule has 1 rings (SSSR count). The summed E-state index contributed by atoms with van der Waals surface area (Å²) in [6.07, 6.45) is -0.0542. The van der Waals surface area contributed by atoms with Crippen molar-refractivity contribution in [2.75, 3.05) is 19.5 Å². The van der Waals surface area contributed by atoms with Crippen molar-refractivity contribution in [2.24, 2.45) is 0 Å². The molecule has 0 aliphatic carbocycles. The minimum atomic E-state index is -0.674. The number of carbonyl (C=O) groups is 2. The van der Waals surface area contributed by atoms with Gasteiger partial charge < -0.3 is 14.2 Å². The third-order valence-electron chi connectivity index (χ3n) is 2.33. The normalized spacial score (nSPS) is 10.7. The van der Waals surface area contributed by atoms with Crippen LogP contribution in [-0.2, 0) is 4.74 Å². The minimum absolute atomic E-state index is 0.219. The molecule has 1 aromatic rings. The number of ether oxygens (including phenoxy) is 3. The fraction of sp³-hybridized carbons (Fsp3) is 0.429. The Morgan fingerprint density at radius 1 is 1.20 bits per heavy atom. The molecule has 0 aliphatic rings. The molecule has 0 bridgehead atoms. The summed E-state index contributed by atoms with van der Waals surface area (Å²) in [6, 6.07) is 3.11. The van der Waals surface area contributed by atoms with Gasteiger partial charge in [0.2, 0.25) is 0 Å². The first kappa shape index (κ1) is 15.8. The number of anilines is 1. The topological polar surface area (TPSA) is 73.9 Å². The van der Waals surface area contributed by atoms with E-state index in [-0.39, 0.29) is 17.0 Å². The fourth-order valence-corrected chi connectivity index (χ4v) is 1.57. The maximum absolute atomic E-state index is 11.8. The van der Waals surface area contributed by atoms with Gasteiger partial charge in [-0.2, -0.15) is 0 Å². The highest BCUT2D eigenvalue weighted by Crippen LogP contribution is 2.37. The van der Waals surface area contributed by atoms with Gasteiger partial charge in [-0.1, -0.05) is 0 Å². The van der Waals surface area contributed by atoms with Crippen molar-refractivity contribution in [1.29, 1.82) is 0 Å². The molecule has 1 amide bonds. The molecule has 20 heavy (non-hydrogen) atoms. The molecule has 0 unspecified atom stereocenters. The Kier molecular flexibility index (Phi) is 4.96. The monoisotopic (exact) mass is 281 g/mol. The highest BCUT2D eigenvalue weighted by atomic mass is 16.6. The van der Waals surface area contributed by atoms with Crippen LogP contribution in [-0.4, -0.2) is 32.2 Å². The van der Waals surface area contributed by atoms with Gasteiger partial charge in [0.05, 0.1) is 14.2 Å². The summed E-state index contributed by atoms with van der Waals surface area (Å²) < 4.78 is 15.5. The number of amides is 1. The van der Waals surface area contributed by atoms with Crippen LogP contribution in [0.4, 0.5) is 10.5 Å². The molecule has 0 atom stereocenters. The van der Waals surface area contributed by atoms with Crippen molar-refractivity contribution < 1.29 is 23.8 Å². The second kappa shape index (κ2) is 6.27. The van der Waals surface area contributed by atoms with Gasteiger partial charge in [-0.25, -0.2) is 4.79 Å². The molecule has 1 N–H and O–H groups in total. The number of hydrogen-bond acceptors (Lipinski definition) is 5. The molecule has 0 aliphatic heterocycles. The quantitative estimate of drug-likeness (QED) is 0.859. The SMILES string of the molecule is COc1ccc(C=O)c(NC(=O)OC(C)(C)C)c1OC. The van der Waals surface area contributed by atoms with Gasteiger partial charge in [0.15, 0.2) is 17.8 Å². The number of rotatable bonds is 4. The van der Waals surface area contributed by atoms with Crippen molar-refractivity contribution in [1.82, 2.24) is 0 Å². The number of benzene rings is 1. The number of carbonyl (C=O) groups excluding carboxylic acids is 2. The van der Waals surface area contributed by atoms with Crippen LogP contribution in [0.15, 0.2) is 12.1 Å². The van der Waals surface area contributed by atoms with Crippen molar-refractivity contribution in [3.63, 3.8) is 0 Å². The lowest BCUT2D eigenvalue weighted by molar-refractivity contribution is 0.0635. The standard InChI is InChI=1S/C14H19NO5/c1-14(2,3)20-13(17)15-11-9(8-16)6-7-10(18-4)12(11)19-5/h6-8H,1-5H3,(H,15,17). The lowest BCUT2D eigenvalue weighted by Gasteiger charge is -2.21. The third-order valence-corrected chi connectivity index (χ3v) is 2.33. The molecule has 0 spiro atoms. The van der Waals surface area contributed by atoms with E-state index in [2.05, 4.69) is 5.32 Å². The van der Waals surface area contributed by atoms with Gasteiger partial charge in [0.1, 0.15) is 11.3 Å².